The molecule has 192 valence electrons. The molecule has 9 nitrogen and oxygen atoms in total. The maximum absolute atomic E-state index is 12.4. The number of hydrogen-bond acceptors (Lipinski definition) is 9. The fraction of sp³-hybridized carbons (Fsp3) is 0.370. The van der Waals surface area contributed by atoms with E-state index in [0.29, 0.717) is 41.5 Å². The fourth-order valence-electron chi connectivity index (χ4n) is 3.77. The summed E-state index contributed by atoms with van der Waals surface area (Å²) in [6.45, 7) is 4.64. The molecule has 0 saturated carbocycles. The number of aryl methyl sites for hydroxylation is 1. The average molecular weight is 499 g/mol. The largest absolute Gasteiger partial charge is 0.507 e. The van der Waals surface area contributed by atoms with E-state index in [4.69, 9.17) is 18.9 Å². The second-order valence-corrected chi connectivity index (χ2v) is 8.38. The van der Waals surface area contributed by atoms with Crippen LogP contribution >= 0.6 is 0 Å². The van der Waals surface area contributed by atoms with Crippen LogP contribution < -0.4 is 10.2 Å². The Kier molecular flexibility index (Phi) is 9.21. The molecule has 2 N–H and O–H groups in total. The molecule has 0 bridgehead atoms. The van der Waals surface area contributed by atoms with E-state index < -0.39 is 18.7 Å². The van der Waals surface area contributed by atoms with Gasteiger partial charge in [0.15, 0.2) is 11.2 Å². The van der Waals surface area contributed by atoms with Crippen molar-refractivity contribution in [3.05, 3.63) is 69.1 Å². The lowest BCUT2D eigenvalue weighted by atomic mass is 10.0. The number of phenolic OH excluding ortho intramolecular Hbond substituents is 1. The molecule has 0 aliphatic heterocycles. The Labute approximate surface area is 208 Å². The summed E-state index contributed by atoms with van der Waals surface area (Å²) in [6, 6.07) is 9.27. The lowest BCUT2D eigenvalue weighted by Gasteiger charge is -2.16. The van der Waals surface area contributed by atoms with Crippen LogP contribution in [0.3, 0.4) is 0 Å². The topological polar surface area (TPSA) is 132 Å². The second kappa shape index (κ2) is 12.3. The predicted octanol–water partition coefficient (Wildman–Crippen LogP) is 4.13. The maximum atomic E-state index is 12.4. The highest BCUT2D eigenvalue weighted by Crippen LogP contribution is 2.33. The van der Waals surface area contributed by atoms with Crippen molar-refractivity contribution in [1.82, 2.24) is 0 Å². The number of aliphatic hydroxyl groups is 1. The van der Waals surface area contributed by atoms with Gasteiger partial charge in [-0.15, -0.1) is 0 Å². The minimum absolute atomic E-state index is 0.138. The van der Waals surface area contributed by atoms with Gasteiger partial charge in [-0.3, -0.25) is 14.5 Å². The van der Waals surface area contributed by atoms with Gasteiger partial charge in [0, 0.05) is 11.6 Å². The van der Waals surface area contributed by atoms with Gasteiger partial charge in [0.25, 0.3) is 0 Å². The van der Waals surface area contributed by atoms with Crippen LogP contribution in [-0.4, -0.2) is 41.3 Å². The van der Waals surface area contributed by atoms with Crippen molar-refractivity contribution < 1.29 is 38.7 Å². The minimum atomic E-state index is -1.18. The number of phenols is 1. The van der Waals surface area contributed by atoms with E-state index in [0.717, 1.165) is 18.1 Å². The molecule has 3 rings (SSSR count). The van der Waals surface area contributed by atoms with Gasteiger partial charge in [0.2, 0.25) is 5.76 Å². The maximum Gasteiger partial charge on any atom is 0.408 e. The summed E-state index contributed by atoms with van der Waals surface area (Å²) >= 11 is 0. The predicted molar refractivity (Wildman–Crippen MR) is 131 cm³/mol. The van der Waals surface area contributed by atoms with Gasteiger partial charge >= 0.3 is 5.97 Å². The zero-order chi connectivity index (χ0) is 26.2. The molecule has 1 heterocycles. The molecule has 9 heteroatoms. The number of hydrogen-bond donors (Lipinski definition) is 2. The van der Waals surface area contributed by atoms with Crippen LogP contribution in [0.4, 0.5) is 0 Å². The van der Waals surface area contributed by atoms with Crippen LogP contribution in [0.5, 0.6) is 11.5 Å². The van der Waals surface area contributed by atoms with E-state index in [1.165, 1.54) is 13.0 Å². The summed E-state index contributed by atoms with van der Waals surface area (Å²) in [5, 5.41) is 21.0. The normalized spacial score (nSPS) is 11.9. The molecule has 2 aromatic carbocycles. The number of aromatic hydroxyl groups is 1. The van der Waals surface area contributed by atoms with Crippen LogP contribution in [-0.2, 0) is 22.6 Å². The van der Waals surface area contributed by atoms with E-state index in [9.17, 15) is 24.6 Å². The number of aliphatic hydroxyl groups excluding tert-OH is 1. The van der Waals surface area contributed by atoms with Gasteiger partial charge in [-0.05, 0) is 43.5 Å². The Morgan fingerprint density at radius 2 is 1.81 bits per heavy atom. The van der Waals surface area contributed by atoms with Gasteiger partial charge in [-0.2, -0.15) is 4.89 Å². The number of ether oxygens (including phenoxy) is 1. The van der Waals surface area contributed by atoms with Crippen molar-refractivity contribution in [1.29, 1.82) is 0 Å². The van der Waals surface area contributed by atoms with E-state index in [2.05, 4.69) is 0 Å². The third-order valence-corrected chi connectivity index (χ3v) is 5.50. The number of para-hydroxylation sites is 1. The first-order valence-electron chi connectivity index (χ1n) is 11.8. The summed E-state index contributed by atoms with van der Waals surface area (Å²) in [5.41, 5.74) is 1.42. The number of ketones is 1. The Bertz CT molecular complexity index is 1290. The molecule has 0 saturated heterocycles. The number of Topliss-reactive ketones (excluding diaryl/α,β-unsaturated/α-hetero) is 1. The van der Waals surface area contributed by atoms with Gasteiger partial charge in [-0.1, -0.05) is 38.8 Å². The molecule has 3 aromatic rings. The minimum Gasteiger partial charge on any atom is -0.507 e. The molecule has 1 atom stereocenters. The Morgan fingerprint density at radius 1 is 1.06 bits per heavy atom. The van der Waals surface area contributed by atoms with Crippen molar-refractivity contribution in [2.45, 2.75) is 52.6 Å². The van der Waals surface area contributed by atoms with E-state index in [1.54, 1.807) is 18.2 Å². The SMILES string of the molecule is CCCc1c(OCC(O)COOC(=O)c2cc(=O)c3cccc(CCC)c3o2)ccc(C(C)=O)c1O. The first kappa shape index (κ1) is 26.9. The molecule has 0 aliphatic rings. The first-order chi connectivity index (χ1) is 17.3. The van der Waals surface area contributed by atoms with Crippen LogP contribution in [0, 0.1) is 0 Å². The number of fused-ring (bicyclic) bond motifs is 1. The second-order valence-electron chi connectivity index (χ2n) is 8.38. The summed E-state index contributed by atoms with van der Waals surface area (Å²) in [5.74, 6) is -1.40. The Hall–Kier alpha value is -3.69. The molecule has 0 aliphatic carbocycles. The fourth-order valence-corrected chi connectivity index (χ4v) is 3.77. The monoisotopic (exact) mass is 498 g/mol. The molecule has 0 amide bonds. The zero-order valence-electron chi connectivity index (χ0n) is 20.5. The standard InChI is InChI=1S/C27H30O9/c1-4-7-17-9-6-10-20-22(30)13-24(35-26(17)20)27(32)36-34-15-18(29)14-33-23-12-11-19(16(3)28)25(31)21(23)8-5-2/h6,9-13,18,29,31H,4-5,7-8,14-15H2,1-3H3. The molecular formula is C27H30O9. The lowest BCUT2D eigenvalue weighted by Crippen LogP contribution is -2.25. The molecular weight excluding hydrogens is 468 g/mol. The summed E-state index contributed by atoms with van der Waals surface area (Å²) in [7, 11) is 0. The highest BCUT2D eigenvalue weighted by atomic mass is 17.2. The molecule has 0 spiro atoms. The van der Waals surface area contributed by atoms with Gasteiger partial charge < -0.3 is 19.4 Å². The van der Waals surface area contributed by atoms with Gasteiger partial charge in [-0.25, -0.2) is 4.79 Å². The van der Waals surface area contributed by atoms with Crippen LogP contribution in [0.25, 0.3) is 11.0 Å². The smallest absolute Gasteiger partial charge is 0.408 e. The molecule has 36 heavy (non-hydrogen) atoms. The number of carbonyl (C=O) groups excluding carboxylic acids is 2. The van der Waals surface area contributed by atoms with E-state index in [1.807, 2.05) is 19.9 Å². The van der Waals surface area contributed by atoms with Crippen molar-refractivity contribution in [3.8, 4) is 11.5 Å². The van der Waals surface area contributed by atoms with Crippen LogP contribution in [0.1, 0.15) is 65.7 Å². The van der Waals surface area contributed by atoms with Crippen molar-refractivity contribution in [3.63, 3.8) is 0 Å². The summed E-state index contributed by atoms with van der Waals surface area (Å²) < 4.78 is 11.2. The number of carbonyl (C=O) groups is 2. The average Bonchev–Trinajstić information content (AvgIpc) is 2.84. The first-order valence-corrected chi connectivity index (χ1v) is 11.8. The summed E-state index contributed by atoms with van der Waals surface area (Å²) in [4.78, 5) is 46.0. The molecule has 1 aromatic heterocycles. The lowest BCUT2D eigenvalue weighted by molar-refractivity contribution is -0.256. The Balaban J connectivity index is 1.60. The summed E-state index contributed by atoms with van der Waals surface area (Å²) in [6.07, 6.45) is 1.51. The highest BCUT2D eigenvalue weighted by molar-refractivity contribution is 5.97. The molecule has 1 unspecified atom stereocenters. The van der Waals surface area contributed by atoms with Crippen molar-refractivity contribution >= 4 is 22.7 Å². The zero-order valence-corrected chi connectivity index (χ0v) is 20.5. The van der Waals surface area contributed by atoms with Crippen molar-refractivity contribution in [2.75, 3.05) is 13.2 Å². The molecule has 0 radical (unpaired) electrons. The van der Waals surface area contributed by atoms with E-state index >= 15 is 0 Å². The number of rotatable bonds is 12. The van der Waals surface area contributed by atoms with E-state index in [-0.39, 0.29) is 34.9 Å². The van der Waals surface area contributed by atoms with Crippen LogP contribution in [0.2, 0.25) is 0 Å². The highest BCUT2D eigenvalue weighted by Gasteiger charge is 2.19. The van der Waals surface area contributed by atoms with Gasteiger partial charge in [0.05, 0.1) is 10.9 Å². The Morgan fingerprint density at radius 3 is 2.50 bits per heavy atom. The van der Waals surface area contributed by atoms with Crippen LogP contribution in [0.15, 0.2) is 45.6 Å². The number of benzene rings is 2. The van der Waals surface area contributed by atoms with Crippen molar-refractivity contribution in [2.24, 2.45) is 0 Å². The van der Waals surface area contributed by atoms with Gasteiger partial charge in [0.1, 0.15) is 36.4 Å². The molecule has 0 fully saturated rings. The third kappa shape index (κ3) is 6.30. The third-order valence-electron chi connectivity index (χ3n) is 5.50. The quantitative estimate of drug-likeness (QED) is 0.215.